The molecule has 0 aliphatic rings. The van der Waals surface area contributed by atoms with Crippen LogP contribution in [0.25, 0.3) is 0 Å². The molecule has 0 spiro atoms. The summed E-state index contributed by atoms with van der Waals surface area (Å²) in [5.41, 5.74) is -0.423. The lowest BCUT2D eigenvalue weighted by Gasteiger charge is -1.98. The molecule has 0 radical (unpaired) electrons. The fourth-order valence-electron chi connectivity index (χ4n) is 0.510. The smallest absolute Gasteiger partial charge is 0.348 e. The van der Waals surface area contributed by atoms with Gasteiger partial charge < -0.3 is 9.84 Å². The number of aliphatic hydroxyl groups is 1. The van der Waals surface area contributed by atoms with E-state index in [-0.39, 0.29) is 0 Å². The van der Waals surface area contributed by atoms with Crippen molar-refractivity contribution in [2.75, 3.05) is 7.11 Å². The Morgan fingerprint density at radius 3 is 2.46 bits per heavy atom. The number of hydrogen-bond acceptors (Lipinski definition) is 5. The van der Waals surface area contributed by atoms with Gasteiger partial charge in [-0.25, -0.2) is 4.79 Å². The number of rotatable bonds is 3. The molecule has 1 unspecified atom stereocenters. The number of ether oxygens (including phenoxy) is 1. The summed E-state index contributed by atoms with van der Waals surface area (Å²) in [6, 6.07) is 1.49. The minimum absolute atomic E-state index is 0.423. The molecule has 0 saturated heterocycles. The SMILES string of the molecule is COC(=O)C(C#N)=CC(=O)C(C)O. The lowest BCUT2D eigenvalue weighted by Crippen LogP contribution is -2.15. The van der Waals surface area contributed by atoms with Crippen molar-refractivity contribution in [3.63, 3.8) is 0 Å². The van der Waals surface area contributed by atoms with Gasteiger partial charge >= 0.3 is 5.97 Å². The number of aliphatic hydroxyl groups excluding tert-OH is 1. The number of hydrogen-bond donors (Lipinski definition) is 1. The molecule has 0 saturated carbocycles. The maximum atomic E-state index is 10.8. The third-order valence-electron chi connectivity index (χ3n) is 1.22. The van der Waals surface area contributed by atoms with Crippen LogP contribution in [0.1, 0.15) is 6.92 Å². The van der Waals surface area contributed by atoms with Crippen molar-refractivity contribution in [2.45, 2.75) is 13.0 Å². The molecule has 0 aliphatic heterocycles. The number of ketones is 1. The van der Waals surface area contributed by atoms with E-state index in [0.717, 1.165) is 13.2 Å². The van der Waals surface area contributed by atoms with E-state index in [4.69, 9.17) is 10.4 Å². The molecule has 0 heterocycles. The molecule has 70 valence electrons. The summed E-state index contributed by atoms with van der Waals surface area (Å²) in [6.07, 6.45) is -0.468. The lowest BCUT2D eigenvalue weighted by molar-refractivity contribution is -0.136. The predicted molar refractivity (Wildman–Crippen MR) is 42.4 cm³/mol. The summed E-state index contributed by atoms with van der Waals surface area (Å²) in [5.74, 6) is -1.60. The van der Waals surface area contributed by atoms with E-state index in [1.165, 1.54) is 13.0 Å². The van der Waals surface area contributed by atoms with Crippen molar-refractivity contribution in [3.05, 3.63) is 11.6 Å². The van der Waals surface area contributed by atoms with Gasteiger partial charge in [0.25, 0.3) is 0 Å². The van der Waals surface area contributed by atoms with E-state index >= 15 is 0 Å². The van der Waals surface area contributed by atoms with Crippen LogP contribution in [-0.2, 0) is 14.3 Å². The molecule has 0 rings (SSSR count). The van der Waals surface area contributed by atoms with Gasteiger partial charge in [-0.2, -0.15) is 5.26 Å². The molecule has 0 fully saturated rings. The molecule has 0 aromatic heterocycles. The van der Waals surface area contributed by atoms with Gasteiger partial charge in [-0.05, 0) is 6.92 Å². The third-order valence-corrected chi connectivity index (χ3v) is 1.22. The predicted octanol–water partition coefficient (Wildman–Crippen LogP) is -0.441. The molecule has 1 atom stereocenters. The average molecular weight is 183 g/mol. The Kier molecular flexibility index (Phi) is 4.41. The van der Waals surface area contributed by atoms with Gasteiger partial charge in [0.15, 0.2) is 5.78 Å². The molecule has 0 amide bonds. The monoisotopic (exact) mass is 183 g/mol. The van der Waals surface area contributed by atoms with Crippen LogP contribution >= 0.6 is 0 Å². The van der Waals surface area contributed by atoms with E-state index in [1.807, 2.05) is 0 Å². The second kappa shape index (κ2) is 5.06. The zero-order valence-corrected chi connectivity index (χ0v) is 7.27. The fourth-order valence-corrected chi connectivity index (χ4v) is 0.510. The number of nitrogens with zero attached hydrogens (tertiary/aromatic N) is 1. The van der Waals surface area contributed by atoms with Gasteiger partial charge in [-0.3, -0.25) is 4.79 Å². The van der Waals surface area contributed by atoms with Crippen LogP contribution in [0, 0.1) is 11.3 Å². The largest absolute Gasteiger partial charge is 0.465 e. The van der Waals surface area contributed by atoms with Gasteiger partial charge in [0, 0.05) is 6.08 Å². The topological polar surface area (TPSA) is 87.4 Å². The van der Waals surface area contributed by atoms with E-state index in [2.05, 4.69) is 4.74 Å². The van der Waals surface area contributed by atoms with Crippen molar-refractivity contribution in [1.82, 2.24) is 0 Å². The standard InChI is InChI=1S/C8H9NO4/c1-5(10)7(11)3-6(4-9)8(12)13-2/h3,5,10H,1-2H3. The summed E-state index contributed by atoms with van der Waals surface area (Å²) in [6.45, 7) is 1.24. The zero-order chi connectivity index (χ0) is 10.4. The molecule has 5 nitrogen and oxygen atoms in total. The van der Waals surface area contributed by atoms with Crippen molar-refractivity contribution in [2.24, 2.45) is 0 Å². The Hall–Kier alpha value is -1.67. The third kappa shape index (κ3) is 3.49. The molecule has 0 aromatic carbocycles. The van der Waals surface area contributed by atoms with Gasteiger partial charge in [-0.1, -0.05) is 0 Å². The van der Waals surface area contributed by atoms with E-state index in [1.54, 1.807) is 0 Å². The Bertz CT molecular complexity index is 285. The molecule has 0 aromatic rings. The minimum Gasteiger partial charge on any atom is -0.465 e. The van der Waals surface area contributed by atoms with Crippen LogP contribution in [0.4, 0.5) is 0 Å². The quantitative estimate of drug-likeness (QED) is 0.364. The summed E-state index contributed by atoms with van der Waals surface area (Å²) in [7, 11) is 1.10. The summed E-state index contributed by atoms with van der Waals surface area (Å²) in [4.78, 5) is 21.6. The number of esters is 1. The van der Waals surface area contributed by atoms with Crippen molar-refractivity contribution < 1.29 is 19.4 Å². The van der Waals surface area contributed by atoms with Gasteiger partial charge in [0.05, 0.1) is 7.11 Å². The number of carbonyl (C=O) groups is 2. The number of carbonyl (C=O) groups excluding carboxylic acids is 2. The minimum atomic E-state index is -1.23. The van der Waals surface area contributed by atoms with Crippen LogP contribution in [0.5, 0.6) is 0 Å². The van der Waals surface area contributed by atoms with E-state index < -0.39 is 23.4 Å². The number of nitriles is 1. The highest BCUT2D eigenvalue weighted by molar-refractivity contribution is 6.03. The molecular weight excluding hydrogens is 174 g/mol. The van der Waals surface area contributed by atoms with E-state index in [0.29, 0.717) is 0 Å². The highest BCUT2D eigenvalue weighted by Crippen LogP contribution is 1.97. The summed E-state index contributed by atoms with van der Waals surface area (Å²) >= 11 is 0. The Morgan fingerprint density at radius 1 is 1.62 bits per heavy atom. The van der Waals surface area contributed by atoms with E-state index in [9.17, 15) is 9.59 Å². The van der Waals surface area contributed by atoms with Crippen LogP contribution in [0.3, 0.4) is 0 Å². The maximum Gasteiger partial charge on any atom is 0.348 e. The molecule has 1 N–H and O–H groups in total. The Balaban J connectivity index is 4.70. The van der Waals surface area contributed by atoms with Crippen LogP contribution in [0.2, 0.25) is 0 Å². The fraction of sp³-hybridized carbons (Fsp3) is 0.375. The molecule has 13 heavy (non-hydrogen) atoms. The summed E-state index contributed by atoms with van der Waals surface area (Å²) in [5, 5.41) is 17.2. The highest BCUT2D eigenvalue weighted by Gasteiger charge is 2.13. The highest BCUT2D eigenvalue weighted by atomic mass is 16.5. The average Bonchev–Trinajstić information content (AvgIpc) is 2.12. The molecule has 0 aliphatic carbocycles. The number of methoxy groups -OCH3 is 1. The maximum absolute atomic E-state index is 10.8. The Labute approximate surface area is 75.2 Å². The molecule has 0 bridgehead atoms. The molecule has 5 heteroatoms. The molecular formula is C8H9NO4. The van der Waals surface area contributed by atoms with Crippen LogP contribution in [-0.4, -0.2) is 30.1 Å². The first-order valence-corrected chi connectivity index (χ1v) is 3.45. The second-order valence-corrected chi connectivity index (χ2v) is 2.24. The van der Waals surface area contributed by atoms with Crippen molar-refractivity contribution >= 4 is 11.8 Å². The second-order valence-electron chi connectivity index (χ2n) is 2.24. The zero-order valence-electron chi connectivity index (χ0n) is 7.27. The van der Waals surface area contributed by atoms with Gasteiger partial charge in [0.2, 0.25) is 0 Å². The first-order valence-electron chi connectivity index (χ1n) is 3.45. The Morgan fingerprint density at radius 2 is 2.15 bits per heavy atom. The van der Waals surface area contributed by atoms with Crippen molar-refractivity contribution in [3.8, 4) is 6.07 Å². The van der Waals surface area contributed by atoms with Crippen LogP contribution < -0.4 is 0 Å². The van der Waals surface area contributed by atoms with Crippen molar-refractivity contribution in [1.29, 1.82) is 5.26 Å². The lowest BCUT2D eigenvalue weighted by atomic mass is 10.2. The summed E-state index contributed by atoms with van der Waals surface area (Å²) < 4.78 is 4.22. The van der Waals surface area contributed by atoms with Crippen LogP contribution in [0.15, 0.2) is 11.6 Å². The van der Waals surface area contributed by atoms with Gasteiger partial charge in [0.1, 0.15) is 17.7 Å². The first-order chi connectivity index (χ1) is 6.02. The van der Waals surface area contributed by atoms with Gasteiger partial charge in [-0.15, -0.1) is 0 Å². The first kappa shape index (κ1) is 11.3. The normalized spacial score (nSPS) is 12.9.